The maximum absolute atomic E-state index is 13.2. The van der Waals surface area contributed by atoms with Crippen LogP contribution in [0.3, 0.4) is 0 Å². The van der Waals surface area contributed by atoms with Crippen molar-refractivity contribution in [2.75, 3.05) is 18.0 Å². The SMILES string of the molecule is CC1(N2CCC(n3c(N4C(=O)NC5CCCCC54)nc4ccccc43)CC2)CCCCCCC1. The second kappa shape index (κ2) is 9.18. The summed E-state index contributed by atoms with van der Waals surface area (Å²) in [5, 5.41) is 3.27. The zero-order chi connectivity index (χ0) is 23.1. The zero-order valence-corrected chi connectivity index (χ0v) is 20.8. The van der Waals surface area contributed by atoms with Crippen LogP contribution in [0.25, 0.3) is 11.0 Å². The van der Waals surface area contributed by atoms with Crippen LogP contribution in [0.2, 0.25) is 0 Å². The van der Waals surface area contributed by atoms with E-state index in [2.05, 4.69) is 46.0 Å². The quantitative estimate of drug-likeness (QED) is 0.606. The molecule has 4 aliphatic rings. The van der Waals surface area contributed by atoms with E-state index in [1.165, 1.54) is 63.3 Å². The van der Waals surface area contributed by atoms with Gasteiger partial charge in [0.05, 0.1) is 23.1 Å². The van der Waals surface area contributed by atoms with Gasteiger partial charge in [0.25, 0.3) is 0 Å². The Bertz CT molecular complexity index is 1010. The second-order valence-electron chi connectivity index (χ2n) is 11.5. The first-order valence-corrected chi connectivity index (χ1v) is 14.0. The third-order valence-corrected chi connectivity index (χ3v) is 9.41. The molecule has 6 rings (SSSR count). The largest absolute Gasteiger partial charge is 0.333 e. The number of nitrogens with one attached hydrogen (secondary N) is 1. The molecule has 2 aromatic rings. The summed E-state index contributed by atoms with van der Waals surface area (Å²) in [7, 11) is 0. The lowest BCUT2D eigenvalue weighted by Crippen LogP contribution is -2.50. The fourth-order valence-electron chi connectivity index (χ4n) is 7.42. The van der Waals surface area contributed by atoms with E-state index in [9.17, 15) is 4.79 Å². The van der Waals surface area contributed by atoms with Gasteiger partial charge < -0.3 is 9.88 Å². The van der Waals surface area contributed by atoms with Crippen molar-refractivity contribution < 1.29 is 4.79 Å². The number of anilines is 1. The maximum Gasteiger partial charge on any atom is 0.324 e. The van der Waals surface area contributed by atoms with Crippen LogP contribution < -0.4 is 10.2 Å². The predicted molar refractivity (Wildman–Crippen MR) is 137 cm³/mol. The number of hydrogen-bond acceptors (Lipinski definition) is 3. The van der Waals surface area contributed by atoms with Crippen LogP contribution in [-0.2, 0) is 0 Å². The van der Waals surface area contributed by atoms with Crippen LogP contribution in [0.15, 0.2) is 24.3 Å². The minimum atomic E-state index is 0.0490. The van der Waals surface area contributed by atoms with Gasteiger partial charge in [-0.15, -0.1) is 0 Å². The van der Waals surface area contributed by atoms with Crippen LogP contribution >= 0.6 is 0 Å². The lowest BCUT2D eigenvalue weighted by atomic mass is 9.82. The van der Waals surface area contributed by atoms with Gasteiger partial charge in [0, 0.05) is 24.7 Å². The average Bonchev–Trinajstić information content (AvgIpc) is 3.38. The Balaban J connectivity index is 1.28. The van der Waals surface area contributed by atoms with Gasteiger partial charge in [-0.2, -0.15) is 0 Å². The van der Waals surface area contributed by atoms with Crippen LogP contribution in [0.5, 0.6) is 0 Å². The molecule has 2 atom stereocenters. The molecule has 3 heterocycles. The number of rotatable bonds is 3. The number of piperidine rings is 1. The molecule has 0 radical (unpaired) electrons. The average molecular weight is 464 g/mol. The van der Waals surface area contributed by atoms with Gasteiger partial charge in [-0.1, -0.05) is 57.1 Å². The molecule has 2 saturated heterocycles. The van der Waals surface area contributed by atoms with Crippen LogP contribution in [-0.4, -0.2) is 51.2 Å². The van der Waals surface area contributed by atoms with Crippen molar-refractivity contribution in [3.63, 3.8) is 0 Å². The first-order chi connectivity index (χ1) is 16.6. The highest BCUT2D eigenvalue weighted by atomic mass is 16.2. The standard InChI is InChI=1S/C28H41N5O/c1-28(17-9-3-2-4-10-18-28)31-19-15-21(16-20-31)32-24-13-7-5-11-22(24)29-26(32)33-25-14-8-6-12-23(25)30-27(33)34/h5,7,11,13,21,23,25H,2-4,6,8-10,12,14-20H2,1H3,(H,30,34). The Hall–Kier alpha value is -2.08. The van der Waals surface area contributed by atoms with Gasteiger partial charge in [-0.3, -0.25) is 9.80 Å². The number of benzene rings is 1. The molecule has 184 valence electrons. The fourth-order valence-corrected chi connectivity index (χ4v) is 7.42. The Morgan fingerprint density at radius 2 is 1.62 bits per heavy atom. The predicted octanol–water partition coefficient (Wildman–Crippen LogP) is 6.02. The van der Waals surface area contributed by atoms with Crippen molar-refractivity contribution in [2.24, 2.45) is 0 Å². The van der Waals surface area contributed by atoms with E-state index in [-0.39, 0.29) is 18.1 Å². The smallest absolute Gasteiger partial charge is 0.324 e. The molecule has 1 aromatic carbocycles. The van der Waals surface area contributed by atoms with E-state index in [0.717, 1.165) is 50.2 Å². The minimum absolute atomic E-state index is 0.0490. The number of aromatic nitrogens is 2. The fraction of sp³-hybridized carbons (Fsp3) is 0.714. The van der Waals surface area contributed by atoms with Crippen molar-refractivity contribution in [1.29, 1.82) is 0 Å². The minimum Gasteiger partial charge on any atom is -0.333 e. The molecule has 6 nitrogen and oxygen atoms in total. The van der Waals surface area contributed by atoms with E-state index in [1.807, 2.05) is 4.90 Å². The molecular weight excluding hydrogens is 422 g/mol. The Labute approximate surface area is 204 Å². The summed E-state index contributed by atoms with van der Waals surface area (Å²) >= 11 is 0. The number of imidazole rings is 1. The molecule has 2 unspecified atom stereocenters. The van der Waals surface area contributed by atoms with Gasteiger partial charge in [0.1, 0.15) is 0 Å². The number of para-hydroxylation sites is 2. The highest BCUT2D eigenvalue weighted by Gasteiger charge is 2.44. The van der Waals surface area contributed by atoms with E-state index in [4.69, 9.17) is 4.98 Å². The maximum atomic E-state index is 13.2. The number of amides is 2. The number of fused-ring (bicyclic) bond motifs is 2. The Morgan fingerprint density at radius 1 is 0.912 bits per heavy atom. The van der Waals surface area contributed by atoms with E-state index in [1.54, 1.807) is 0 Å². The Morgan fingerprint density at radius 3 is 2.41 bits per heavy atom. The molecule has 0 bridgehead atoms. The lowest BCUT2D eigenvalue weighted by Gasteiger charge is -2.46. The summed E-state index contributed by atoms with van der Waals surface area (Å²) in [4.78, 5) is 23.1. The number of urea groups is 1. The van der Waals surface area contributed by atoms with Crippen molar-refractivity contribution in [1.82, 2.24) is 19.8 Å². The summed E-state index contributed by atoms with van der Waals surface area (Å²) < 4.78 is 2.43. The van der Waals surface area contributed by atoms with Crippen LogP contribution in [0, 0.1) is 0 Å². The van der Waals surface area contributed by atoms with Crippen molar-refractivity contribution in [2.45, 2.75) is 114 Å². The summed E-state index contributed by atoms with van der Waals surface area (Å²) in [5.74, 6) is 0.878. The molecule has 1 N–H and O–H groups in total. The monoisotopic (exact) mass is 463 g/mol. The van der Waals surface area contributed by atoms with Crippen molar-refractivity contribution in [3.05, 3.63) is 24.3 Å². The highest BCUT2D eigenvalue weighted by Crippen LogP contribution is 2.40. The topological polar surface area (TPSA) is 53.4 Å². The Kier molecular flexibility index (Phi) is 6.04. The molecule has 0 spiro atoms. The highest BCUT2D eigenvalue weighted by molar-refractivity contribution is 5.96. The van der Waals surface area contributed by atoms with Crippen LogP contribution in [0.4, 0.5) is 10.7 Å². The van der Waals surface area contributed by atoms with Gasteiger partial charge in [0.15, 0.2) is 0 Å². The van der Waals surface area contributed by atoms with Gasteiger partial charge in [-0.05, 0) is 57.6 Å². The van der Waals surface area contributed by atoms with E-state index < -0.39 is 0 Å². The third kappa shape index (κ3) is 3.92. The van der Waals surface area contributed by atoms with E-state index >= 15 is 0 Å². The molecule has 2 aliphatic carbocycles. The van der Waals surface area contributed by atoms with Crippen molar-refractivity contribution >= 4 is 23.0 Å². The van der Waals surface area contributed by atoms with Gasteiger partial charge in [-0.25, -0.2) is 9.78 Å². The zero-order valence-electron chi connectivity index (χ0n) is 20.8. The number of hydrogen-bond donors (Lipinski definition) is 1. The molecule has 1 aromatic heterocycles. The first kappa shape index (κ1) is 22.4. The summed E-state index contributed by atoms with van der Waals surface area (Å²) in [6.45, 7) is 4.81. The van der Waals surface area contributed by atoms with Crippen LogP contribution in [0.1, 0.15) is 96.4 Å². The number of nitrogens with zero attached hydrogens (tertiary/aromatic N) is 4. The molecule has 4 fully saturated rings. The molecule has 34 heavy (non-hydrogen) atoms. The first-order valence-electron chi connectivity index (χ1n) is 14.0. The molecule has 2 amide bonds. The van der Waals surface area contributed by atoms with E-state index in [0.29, 0.717) is 11.6 Å². The summed E-state index contributed by atoms with van der Waals surface area (Å²) in [5.41, 5.74) is 2.55. The van der Waals surface area contributed by atoms with Crippen molar-refractivity contribution in [3.8, 4) is 0 Å². The molecule has 2 aliphatic heterocycles. The van der Waals surface area contributed by atoms with Gasteiger partial charge in [0.2, 0.25) is 5.95 Å². The number of carbonyl (C=O) groups is 1. The normalized spacial score (nSPS) is 29.0. The molecule has 6 heteroatoms. The summed E-state index contributed by atoms with van der Waals surface area (Å²) in [6.07, 6.45) is 16.5. The molecular formula is C28H41N5O. The number of carbonyl (C=O) groups excluding carboxylic acids is 1. The lowest BCUT2D eigenvalue weighted by molar-refractivity contribution is 0.0443. The molecule has 2 saturated carbocycles. The second-order valence-corrected chi connectivity index (χ2v) is 11.5. The third-order valence-electron chi connectivity index (χ3n) is 9.41. The van der Waals surface area contributed by atoms with Gasteiger partial charge >= 0.3 is 6.03 Å². The summed E-state index contributed by atoms with van der Waals surface area (Å²) in [6, 6.07) is 9.44. The number of likely N-dealkylation sites (tertiary alicyclic amines) is 1.